The smallest absolute Gasteiger partial charge is 0.362 e. The average Bonchev–Trinajstić information content (AvgIpc) is 2.30. The first-order valence-corrected chi connectivity index (χ1v) is 5.24. The number of azo groups is 1. The summed E-state index contributed by atoms with van der Waals surface area (Å²) in [6.45, 7) is 1.85. The van der Waals surface area contributed by atoms with Gasteiger partial charge in [0.2, 0.25) is 5.70 Å². The Kier molecular flexibility index (Phi) is 5.16. The van der Waals surface area contributed by atoms with Crippen molar-refractivity contribution >= 4 is 23.3 Å². The molecule has 1 N–H and O–H groups in total. The zero-order valence-corrected chi connectivity index (χ0v) is 9.89. The Morgan fingerprint density at radius 3 is 2.94 bits per heavy atom. The minimum atomic E-state index is -0.735. The number of aliphatic hydroxyl groups excluding tert-OH is 1. The van der Waals surface area contributed by atoms with E-state index in [-0.39, 0.29) is 12.3 Å². The number of esters is 1. The van der Waals surface area contributed by atoms with Crippen molar-refractivity contribution in [1.29, 1.82) is 0 Å². The molecule has 0 atom stereocenters. The molecule has 0 aliphatic carbocycles. The lowest BCUT2D eigenvalue weighted by atomic mass is 10.3. The number of benzene rings is 1. The third kappa shape index (κ3) is 4.24. The summed E-state index contributed by atoms with van der Waals surface area (Å²) < 4.78 is 4.66. The van der Waals surface area contributed by atoms with E-state index in [0.717, 1.165) is 0 Å². The van der Waals surface area contributed by atoms with Gasteiger partial charge in [0.05, 0.1) is 12.3 Å². The molecule has 0 aliphatic rings. The summed E-state index contributed by atoms with van der Waals surface area (Å²) in [7, 11) is 0. The number of ether oxygens (including phenoxy) is 1. The van der Waals surface area contributed by atoms with Crippen LogP contribution in [0.3, 0.4) is 0 Å². The Morgan fingerprint density at radius 1 is 1.59 bits per heavy atom. The maximum Gasteiger partial charge on any atom is 0.362 e. The molecule has 0 heterocycles. The zero-order valence-electron chi connectivity index (χ0n) is 9.13. The van der Waals surface area contributed by atoms with Crippen LogP contribution in [-0.4, -0.2) is 17.7 Å². The van der Waals surface area contributed by atoms with E-state index < -0.39 is 5.97 Å². The fourth-order valence-electron chi connectivity index (χ4n) is 0.974. The first-order chi connectivity index (χ1) is 8.17. The van der Waals surface area contributed by atoms with Crippen molar-refractivity contribution < 1.29 is 14.6 Å². The Morgan fingerprint density at radius 2 is 2.35 bits per heavy atom. The minimum Gasteiger partial charge on any atom is -0.513 e. The molecule has 0 spiro atoms. The van der Waals surface area contributed by atoms with Gasteiger partial charge in [-0.3, -0.25) is 0 Å². The molecule has 0 amide bonds. The lowest BCUT2D eigenvalue weighted by Gasteiger charge is -1.99. The first kappa shape index (κ1) is 13.2. The number of hydrogen-bond acceptors (Lipinski definition) is 5. The highest BCUT2D eigenvalue weighted by Gasteiger charge is 2.09. The summed E-state index contributed by atoms with van der Waals surface area (Å²) >= 11 is 5.75. The van der Waals surface area contributed by atoms with Crippen molar-refractivity contribution in [2.45, 2.75) is 6.92 Å². The molecular formula is C11H11ClN2O3. The molecule has 6 heteroatoms. The van der Waals surface area contributed by atoms with E-state index in [1.807, 2.05) is 0 Å². The number of nitrogens with zero attached hydrogens (tertiary/aromatic N) is 2. The van der Waals surface area contributed by atoms with Crippen molar-refractivity contribution in [3.8, 4) is 0 Å². The number of carbonyl (C=O) groups is 1. The highest BCUT2D eigenvalue weighted by Crippen LogP contribution is 2.19. The molecule has 1 aromatic rings. The summed E-state index contributed by atoms with van der Waals surface area (Å²) in [6, 6.07) is 6.62. The highest BCUT2D eigenvalue weighted by molar-refractivity contribution is 6.30. The van der Waals surface area contributed by atoms with Crippen LogP contribution in [0, 0.1) is 0 Å². The van der Waals surface area contributed by atoms with Gasteiger partial charge in [-0.2, -0.15) is 5.11 Å². The number of halogens is 1. The van der Waals surface area contributed by atoms with Gasteiger partial charge in [-0.15, -0.1) is 5.11 Å². The summed E-state index contributed by atoms with van der Waals surface area (Å²) in [5.74, 6) is -0.735. The third-order valence-electron chi connectivity index (χ3n) is 1.69. The van der Waals surface area contributed by atoms with Crippen LogP contribution in [-0.2, 0) is 9.53 Å². The Hall–Kier alpha value is -1.88. The van der Waals surface area contributed by atoms with Crippen molar-refractivity contribution in [2.24, 2.45) is 10.2 Å². The predicted octanol–water partition coefficient (Wildman–Crippen LogP) is 3.39. The molecule has 5 nitrogen and oxygen atoms in total. The van der Waals surface area contributed by atoms with Gasteiger partial charge in [-0.25, -0.2) is 4.79 Å². The molecule has 0 saturated carbocycles. The van der Waals surface area contributed by atoms with Crippen molar-refractivity contribution in [3.63, 3.8) is 0 Å². The van der Waals surface area contributed by atoms with E-state index in [2.05, 4.69) is 15.0 Å². The van der Waals surface area contributed by atoms with Gasteiger partial charge in [-0.1, -0.05) is 17.7 Å². The second kappa shape index (κ2) is 6.65. The van der Waals surface area contributed by atoms with Crippen LogP contribution in [0.2, 0.25) is 5.02 Å². The van der Waals surface area contributed by atoms with Gasteiger partial charge in [0.15, 0.2) is 0 Å². The van der Waals surface area contributed by atoms with Gasteiger partial charge in [-0.05, 0) is 25.1 Å². The molecule has 1 rings (SSSR count). The van der Waals surface area contributed by atoms with E-state index in [1.54, 1.807) is 31.2 Å². The Bertz CT molecular complexity index is 458. The number of rotatable bonds is 4. The lowest BCUT2D eigenvalue weighted by molar-refractivity contribution is -0.138. The van der Waals surface area contributed by atoms with Crippen LogP contribution in [0.4, 0.5) is 5.69 Å². The lowest BCUT2D eigenvalue weighted by Crippen LogP contribution is -2.05. The number of aliphatic hydroxyl groups is 1. The molecule has 0 radical (unpaired) electrons. The topological polar surface area (TPSA) is 71.2 Å². The molecule has 0 fully saturated rings. The van der Waals surface area contributed by atoms with Crippen LogP contribution in [0.1, 0.15) is 6.92 Å². The van der Waals surface area contributed by atoms with E-state index in [0.29, 0.717) is 17.0 Å². The van der Waals surface area contributed by atoms with Crippen LogP contribution >= 0.6 is 11.6 Å². The highest BCUT2D eigenvalue weighted by atomic mass is 35.5. The molecule has 1 aromatic carbocycles. The largest absolute Gasteiger partial charge is 0.513 e. The average molecular weight is 255 g/mol. The van der Waals surface area contributed by atoms with E-state index in [1.165, 1.54) is 0 Å². The molecule has 0 bridgehead atoms. The Balaban J connectivity index is 2.79. The molecule has 0 saturated heterocycles. The molecule has 0 unspecified atom stereocenters. The fourth-order valence-corrected chi connectivity index (χ4v) is 1.16. The normalized spacial score (nSPS) is 11.8. The van der Waals surface area contributed by atoms with Crippen LogP contribution in [0.5, 0.6) is 0 Å². The van der Waals surface area contributed by atoms with Gasteiger partial charge < -0.3 is 9.84 Å². The second-order valence-electron chi connectivity index (χ2n) is 2.91. The standard InChI is InChI=1S/C11H11ClN2O3/c1-2-17-11(16)10(7-15)14-13-9-5-3-4-8(12)6-9/h3-7,15H,2H2,1H3/b10-7-,14-13?. The summed E-state index contributed by atoms with van der Waals surface area (Å²) in [6.07, 6.45) is 0.548. The van der Waals surface area contributed by atoms with Crippen LogP contribution in [0.25, 0.3) is 0 Å². The van der Waals surface area contributed by atoms with Crippen molar-refractivity contribution in [1.82, 2.24) is 0 Å². The van der Waals surface area contributed by atoms with E-state index in [4.69, 9.17) is 16.7 Å². The molecular weight excluding hydrogens is 244 g/mol. The van der Waals surface area contributed by atoms with Gasteiger partial charge in [0.1, 0.15) is 6.26 Å². The molecule has 90 valence electrons. The molecule has 0 aromatic heterocycles. The maximum absolute atomic E-state index is 11.2. The maximum atomic E-state index is 11.2. The third-order valence-corrected chi connectivity index (χ3v) is 1.92. The van der Waals surface area contributed by atoms with Gasteiger partial charge in [0, 0.05) is 5.02 Å². The summed E-state index contributed by atoms with van der Waals surface area (Å²) in [5.41, 5.74) is 0.202. The first-order valence-electron chi connectivity index (χ1n) is 4.86. The minimum absolute atomic E-state index is 0.197. The van der Waals surface area contributed by atoms with Crippen molar-refractivity contribution in [2.75, 3.05) is 6.61 Å². The van der Waals surface area contributed by atoms with Crippen molar-refractivity contribution in [3.05, 3.63) is 41.2 Å². The zero-order chi connectivity index (χ0) is 12.7. The monoisotopic (exact) mass is 254 g/mol. The summed E-state index contributed by atoms with van der Waals surface area (Å²) in [4.78, 5) is 11.2. The second-order valence-corrected chi connectivity index (χ2v) is 3.35. The number of hydrogen-bond donors (Lipinski definition) is 1. The SMILES string of the molecule is CCOC(=O)/C(=C/O)N=Nc1cccc(Cl)c1. The molecule has 17 heavy (non-hydrogen) atoms. The quantitative estimate of drug-likeness (QED) is 0.387. The van der Waals surface area contributed by atoms with E-state index >= 15 is 0 Å². The predicted molar refractivity (Wildman–Crippen MR) is 63.3 cm³/mol. The number of carbonyl (C=O) groups excluding carboxylic acids is 1. The van der Waals surface area contributed by atoms with Crippen LogP contribution < -0.4 is 0 Å². The van der Waals surface area contributed by atoms with Gasteiger partial charge in [0.25, 0.3) is 0 Å². The van der Waals surface area contributed by atoms with E-state index in [9.17, 15) is 4.79 Å². The fraction of sp³-hybridized carbons (Fsp3) is 0.182. The van der Waals surface area contributed by atoms with Gasteiger partial charge >= 0.3 is 5.97 Å². The Labute approximate surface area is 103 Å². The van der Waals surface area contributed by atoms with Crippen LogP contribution in [0.15, 0.2) is 46.5 Å². The summed E-state index contributed by atoms with van der Waals surface area (Å²) in [5, 5.41) is 16.6. The molecule has 0 aliphatic heterocycles.